The van der Waals surface area contributed by atoms with E-state index in [4.69, 9.17) is 11.6 Å². The first-order valence-electron chi connectivity index (χ1n) is 6.69. The molecular weight excluding hydrogens is 289 g/mol. The molecule has 2 aromatic carbocycles. The van der Waals surface area contributed by atoms with Crippen molar-refractivity contribution < 1.29 is 9.18 Å². The van der Waals surface area contributed by atoms with Crippen LogP contribution in [0.25, 0.3) is 0 Å². The minimum absolute atomic E-state index is 0.0139. The maximum atomic E-state index is 14.2. The highest BCUT2D eigenvalue weighted by atomic mass is 35.5. The van der Waals surface area contributed by atoms with Crippen molar-refractivity contribution in [3.8, 4) is 0 Å². The smallest absolute Gasteiger partial charge is 0.159 e. The molecule has 4 heteroatoms. The first-order chi connectivity index (χ1) is 9.90. The normalized spacial score (nSPS) is 12.0. The summed E-state index contributed by atoms with van der Waals surface area (Å²) >= 11 is 5.88. The van der Waals surface area contributed by atoms with Gasteiger partial charge in [-0.15, -0.1) is 0 Å². The van der Waals surface area contributed by atoms with Crippen LogP contribution in [0.4, 0.5) is 10.1 Å². The van der Waals surface area contributed by atoms with E-state index >= 15 is 0 Å². The van der Waals surface area contributed by atoms with Gasteiger partial charge in [-0.25, -0.2) is 4.39 Å². The Hall–Kier alpha value is -1.87. The lowest BCUT2D eigenvalue weighted by atomic mass is 10.1. The van der Waals surface area contributed by atoms with Crippen LogP contribution in [0.2, 0.25) is 5.02 Å². The van der Waals surface area contributed by atoms with E-state index in [2.05, 4.69) is 0 Å². The van der Waals surface area contributed by atoms with Crippen molar-refractivity contribution in [3.63, 3.8) is 0 Å². The van der Waals surface area contributed by atoms with Crippen LogP contribution in [-0.2, 0) is 0 Å². The summed E-state index contributed by atoms with van der Waals surface area (Å²) in [4.78, 5) is 13.1. The third kappa shape index (κ3) is 3.42. The number of carbonyl (C=O) groups is 1. The number of rotatable bonds is 4. The van der Waals surface area contributed by atoms with E-state index in [0.29, 0.717) is 16.3 Å². The van der Waals surface area contributed by atoms with Crippen molar-refractivity contribution in [2.75, 3.05) is 11.9 Å². The Balaban J connectivity index is 2.28. The Morgan fingerprint density at radius 3 is 2.33 bits per heavy atom. The third-order valence-corrected chi connectivity index (χ3v) is 3.92. The Labute approximate surface area is 129 Å². The molecule has 0 radical (unpaired) electrons. The monoisotopic (exact) mass is 305 g/mol. The zero-order valence-electron chi connectivity index (χ0n) is 12.2. The Kier molecular flexibility index (Phi) is 4.63. The highest BCUT2D eigenvalue weighted by Gasteiger charge is 2.16. The average molecular weight is 306 g/mol. The third-order valence-electron chi connectivity index (χ3n) is 3.67. The Bertz CT molecular complexity index is 654. The van der Waals surface area contributed by atoms with E-state index in [0.717, 1.165) is 5.56 Å². The molecule has 110 valence electrons. The van der Waals surface area contributed by atoms with Crippen LogP contribution in [0, 0.1) is 5.82 Å². The molecule has 0 heterocycles. The number of Topliss-reactive ketones (excluding diaryl/α,β-unsaturated/α-hetero) is 1. The second-order valence-corrected chi connectivity index (χ2v) is 5.50. The van der Waals surface area contributed by atoms with E-state index in [1.807, 2.05) is 43.1 Å². The molecule has 2 nitrogen and oxygen atoms in total. The number of ketones is 1. The van der Waals surface area contributed by atoms with Gasteiger partial charge in [-0.2, -0.15) is 0 Å². The van der Waals surface area contributed by atoms with Crippen LogP contribution in [0.1, 0.15) is 35.8 Å². The zero-order chi connectivity index (χ0) is 15.6. The molecule has 0 aliphatic heterocycles. The molecule has 0 aromatic heterocycles. The number of hydrogen-bond acceptors (Lipinski definition) is 2. The van der Waals surface area contributed by atoms with Crippen molar-refractivity contribution in [2.45, 2.75) is 19.9 Å². The van der Waals surface area contributed by atoms with E-state index in [-0.39, 0.29) is 11.8 Å². The van der Waals surface area contributed by atoms with Gasteiger partial charge in [0.1, 0.15) is 5.82 Å². The summed E-state index contributed by atoms with van der Waals surface area (Å²) in [5, 5.41) is 0.672. The second kappa shape index (κ2) is 6.27. The summed E-state index contributed by atoms with van der Waals surface area (Å²) in [5.41, 5.74) is 1.88. The molecule has 0 aliphatic rings. The number of anilines is 1. The lowest BCUT2D eigenvalue weighted by Crippen LogP contribution is -2.22. The van der Waals surface area contributed by atoms with Gasteiger partial charge in [0, 0.05) is 17.6 Å². The van der Waals surface area contributed by atoms with Gasteiger partial charge >= 0.3 is 0 Å². The molecule has 0 bridgehead atoms. The Morgan fingerprint density at radius 2 is 1.81 bits per heavy atom. The summed E-state index contributed by atoms with van der Waals surface area (Å²) in [5.74, 6) is -0.542. The minimum Gasteiger partial charge on any atom is -0.365 e. The lowest BCUT2D eigenvalue weighted by molar-refractivity contribution is 0.101. The molecule has 2 rings (SSSR count). The second-order valence-electron chi connectivity index (χ2n) is 5.06. The molecule has 0 spiro atoms. The molecule has 2 aromatic rings. The number of benzene rings is 2. The number of carbonyl (C=O) groups excluding carboxylic acids is 1. The van der Waals surface area contributed by atoms with Crippen LogP contribution in [-0.4, -0.2) is 12.8 Å². The highest BCUT2D eigenvalue weighted by Crippen LogP contribution is 2.28. The molecule has 0 N–H and O–H groups in total. The largest absolute Gasteiger partial charge is 0.365 e. The lowest BCUT2D eigenvalue weighted by Gasteiger charge is -2.28. The van der Waals surface area contributed by atoms with Crippen LogP contribution < -0.4 is 4.90 Å². The van der Waals surface area contributed by atoms with Crippen LogP contribution in [0.5, 0.6) is 0 Å². The summed E-state index contributed by atoms with van der Waals surface area (Å²) in [6, 6.07) is 12.0. The molecular formula is C17H17ClFNO. The molecule has 0 saturated heterocycles. The van der Waals surface area contributed by atoms with Crippen LogP contribution >= 0.6 is 11.6 Å². The van der Waals surface area contributed by atoms with Crippen molar-refractivity contribution in [1.82, 2.24) is 0 Å². The van der Waals surface area contributed by atoms with E-state index in [1.165, 1.54) is 13.0 Å². The van der Waals surface area contributed by atoms with Crippen LogP contribution in [0.3, 0.4) is 0 Å². The summed E-state index contributed by atoms with van der Waals surface area (Å²) in [6.07, 6.45) is 0. The fourth-order valence-corrected chi connectivity index (χ4v) is 2.31. The van der Waals surface area contributed by atoms with Gasteiger partial charge in [-0.1, -0.05) is 23.7 Å². The fourth-order valence-electron chi connectivity index (χ4n) is 2.19. The molecule has 0 fully saturated rings. The van der Waals surface area contributed by atoms with Gasteiger partial charge in [0.15, 0.2) is 5.78 Å². The highest BCUT2D eigenvalue weighted by molar-refractivity contribution is 6.30. The standard InChI is InChI=1S/C17H17ClFNO/c1-11(13-4-7-15(18)8-5-13)20(3)17-9-6-14(12(2)21)10-16(17)19/h4-11H,1-3H3. The number of hydrogen-bond donors (Lipinski definition) is 0. The topological polar surface area (TPSA) is 20.3 Å². The zero-order valence-corrected chi connectivity index (χ0v) is 13.0. The Morgan fingerprint density at radius 1 is 1.19 bits per heavy atom. The van der Waals surface area contributed by atoms with Gasteiger partial charge in [0.2, 0.25) is 0 Å². The molecule has 1 atom stereocenters. The SMILES string of the molecule is CC(=O)c1ccc(N(C)C(C)c2ccc(Cl)cc2)c(F)c1. The van der Waals surface area contributed by atoms with E-state index < -0.39 is 5.82 Å². The number of nitrogens with zero attached hydrogens (tertiary/aromatic N) is 1. The summed E-state index contributed by atoms with van der Waals surface area (Å²) in [6.45, 7) is 3.41. The minimum atomic E-state index is -0.397. The van der Waals surface area contributed by atoms with Gasteiger partial charge < -0.3 is 4.90 Å². The van der Waals surface area contributed by atoms with Gasteiger partial charge in [0.25, 0.3) is 0 Å². The predicted molar refractivity (Wildman–Crippen MR) is 84.7 cm³/mol. The summed E-state index contributed by atoms with van der Waals surface area (Å²) < 4.78 is 14.2. The first-order valence-corrected chi connectivity index (χ1v) is 7.06. The number of halogens is 2. The van der Waals surface area contributed by atoms with Crippen molar-refractivity contribution >= 4 is 23.1 Å². The quantitative estimate of drug-likeness (QED) is 0.750. The van der Waals surface area contributed by atoms with Gasteiger partial charge in [-0.3, -0.25) is 4.79 Å². The van der Waals surface area contributed by atoms with Gasteiger partial charge in [-0.05, 0) is 49.7 Å². The fraction of sp³-hybridized carbons (Fsp3) is 0.235. The van der Waals surface area contributed by atoms with Gasteiger partial charge in [0.05, 0.1) is 11.7 Å². The molecule has 0 amide bonds. The van der Waals surface area contributed by atoms with Crippen molar-refractivity contribution in [3.05, 3.63) is 64.4 Å². The molecule has 1 unspecified atom stereocenters. The van der Waals surface area contributed by atoms with E-state index in [1.54, 1.807) is 12.1 Å². The first kappa shape index (κ1) is 15.5. The predicted octanol–water partition coefficient (Wildman–Crippen LogP) is 4.88. The molecule has 0 saturated carbocycles. The molecule has 21 heavy (non-hydrogen) atoms. The molecule has 0 aliphatic carbocycles. The summed E-state index contributed by atoms with van der Waals surface area (Å²) in [7, 11) is 1.82. The van der Waals surface area contributed by atoms with Crippen LogP contribution in [0.15, 0.2) is 42.5 Å². The van der Waals surface area contributed by atoms with E-state index in [9.17, 15) is 9.18 Å². The maximum absolute atomic E-state index is 14.2. The van der Waals surface area contributed by atoms with Crippen molar-refractivity contribution in [2.24, 2.45) is 0 Å². The maximum Gasteiger partial charge on any atom is 0.159 e. The average Bonchev–Trinajstić information content (AvgIpc) is 2.46. The van der Waals surface area contributed by atoms with Crippen molar-refractivity contribution in [1.29, 1.82) is 0 Å².